The molecular weight excluding hydrogens is 312 g/mol. The van der Waals surface area contributed by atoms with Gasteiger partial charge in [-0.15, -0.1) is 0 Å². The lowest BCUT2D eigenvalue weighted by atomic mass is 9.84. The molecule has 0 radical (unpaired) electrons. The molecule has 0 atom stereocenters. The standard InChI is InChI=1S/C14H19F2N3O4/c1-2-23-12(20)7-9-3-5-10(6-4-9)18-8-11(19(21)22)13(17-18)14(15)16/h8-10,14H,2-7H2,1H3. The van der Waals surface area contributed by atoms with Crippen LogP contribution in [0, 0.1) is 16.0 Å². The first-order chi connectivity index (χ1) is 10.9. The van der Waals surface area contributed by atoms with Crippen molar-refractivity contribution >= 4 is 11.7 Å². The van der Waals surface area contributed by atoms with E-state index < -0.39 is 22.7 Å². The topological polar surface area (TPSA) is 87.3 Å². The molecule has 0 spiro atoms. The largest absolute Gasteiger partial charge is 0.466 e. The SMILES string of the molecule is CCOC(=O)CC1CCC(n2cc([N+](=O)[O-])c(C(F)F)n2)CC1. The van der Waals surface area contributed by atoms with Crippen LogP contribution in [-0.4, -0.2) is 27.3 Å². The van der Waals surface area contributed by atoms with Gasteiger partial charge >= 0.3 is 11.7 Å². The van der Waals surface area contributed by atoms with E-state index in [4.69, 9.17) is 4.74 Å². The van der Waals surface area contributed by atoms with Crippen molar-refractivity contribution in [2.75, 3.05) is 6.61 Å². The Morgan fingerprint density at radius 2 is 2.13 bits per heavy atom. The fourth-order valence-corrected chi connectivity index (χ4v) is 2.95. The number of ether oxygens (including phenoxy) is 1. The number of carbonyl (C=O) groups excluding carboxylic acids is 1. The maximum Gasteiger partial charge on any atom is 0.316 e. The van der Waals surface area contributed by atoms with Gasteiger partial charge in [-0.25, -0.2) is 8.78 Å². The minimum atomic E-state index is -2.98. The minimum absolute atomic E-state index is 0.153. The van der Waals surface area contributed by atoms with Gasteiger partial charge in [0.05, 0.1) is 17.6 Å². The number of hydrogen-bond acceptors (Lipinski definition) is 5. The quantitative estimate of drug-likeness (QED) is 0.453. The summed E-state index contributed by atoms with van der Waals surface area (Å²) in [6, 6.07) is -0.153. The average Bonchev–Trinajstić information content (AvgIpc) is 2.94. The summed E-state index contributed by atoms with van der Waals surface area (Å²) in [5.74, 6) is -0.0314. The predicted octanol–water partition coefficient (Wildman–Crippen LogP) is 3.41. The Labute approximate surface area is 131 Å². The third-order valence-corrected chi connectivity index (χ3v) is 4.09. The molecule has 1 aromatic heterocycles. The second kappa shape index (κ2) is 7.47. The second-order valence-corrected chi connectivity index (χ2v) is 5.62. The highest BCUT2D eigenvalue weighted by Gasteiger charge is 2.31. The Hall–Kier alpha value is -2.06. The van der Waals surface area contributed by atoms with Gasteiger partial charge < -0.3 is 4.74 Å². The van der Waals surface area contributed by atoms with E-state index in [1.807, 2.05) is 0 Å². The summed E-state index contributed by atoms with van der Waals surface area (Å²) in [5.41, 5.74) is -1.43. The van der Waals surface area contributed by atoms with Crippen LogP contribution >= 0.6 is 0 Å². The molecule has 23 heavy (non-hydrogen) atoms. The minimum Gasteiger partial charge on any atom is -0.466 e. The van der Waals surface area contributed by atoms with Gasteiger partial charge in [-0.3, -0.25) is 19.6 Å². The van der Waals surface area contributed by atoms with Crippen LogP contribution in [0.4, 0.5) is 14.5 Å². The highest BCUT2D eigenvalue weighted by molar-refractivity contribution is 5.69. The van der Waals surface area contributed by atoms with E-state index in [0.717, 1.165) is 19.0 Å². The number of hydrogen-bond donors (Lipinski definition) is 0. The summed E-state index contributed by atoms with van der Waals surface area (Å²) in [4.78, 5) is 21.5. The van der Waals surface area contributed by atoms with E-state index in [0.29, 0.717) is 25.9 Å². The van der Waals surface area contributed by atoms with E-state index in [9.17, 15) is 23.7 Å². The molecule has 1 aliphatic rings. The van der Waals surface area contributed by atoms with Gasteiger partial charge in [0.2, 0.25) is 5.69 Å². The number of nitro groups is 1. The Morgan fingerprint density at radius 3 is 2.61 bits per heavy atom. The number of halogens is 2. The fourth-order valence-electron chi connectivity index (χ4n) is 2.95. The summed E-state index contributed by atoms with van der Waals surface area (Å²) in [6.45, 7) is 2.10. The van der Waals surface area contributed by atoms with Crippen LogP contribution in [0.5, 0.6) is 0 Å². The molecule has 0 bridgehead atoms. The monoisotopic (exact) mass is 331 g/mol. The third-order valence-electron chi connectivity index (χ3n) is 4.09. The molecule has 7 nitrogen and oxygen atoms in total. The molecule has 0 aliphatic heterocycles. The Kier molecular flexibility index (Phi) is 5.62. The summed E-state index contributed by atoms with van der Waals surface area (Å²) < 4.78 is 31.8. The Balaban J connectivity index is 1.99. The van der Waals surface area contributed by atoms with Crippen LogP contribution in [-0.2, 0) is 9.53 Å². The zero-order chi connectivity index (χ0) is 17.0. The van der Waals surface area contributed by atoms with Gasteiger partial charge in [0, 0.05) is 6.42 Å². The van der Waals surface area contributed by atoms with E-state index in [1.54, 1.807) is 6.92 Å². The van der Waals surface area contributed by atoms with Gasteiger partial charge in [-0.1, -0.05) is 0 Å². The number of carbonyl (C=O) groups is 1. The maximum atomic E-state index is 12.8. The summed E-state index contributed by atoms with van der Waals surface area (Å²) in [7, 11) is 0. The molecule has 0 N–H and O–H groups in total. The molecule has 128 valence electrons. The fraction of sp³-hybridized carbons (Fsp3) is 0.714. The number of alkyl halides is 2. The lowest BCUT2D eigenvalue weighted by molar-refractivity contribution is -0.386. The first-order valence-electron chi connectivity index (χ1n) is 7.59. The van der Waals surface area contributed by atoms with Crippen molar-refractivity contribution in [3.05, 3.63) is 22.0 Å². The van der Waals surface area contributed by atoms with Crippen LogP contribution in [0.1, 0.15) is 57.2 Å². The second-order valence-electron chi connectivity index (χ2n) is 5.62. The van der Waals surface area contributed by atoms with Crippen molar-refractivity contribution in [2.45, 2.75) is 51.5 Å². The molecule has 1 saturated carbocycles. The molecule has 0 aromatic carbocycles. The highest BCUT2D eigenvalue weighted by atomic mass is 19.3. The summed E-state index contributed by atoms with van der Waals surface area (Å²) in [6.07, 6.45) is 1.22. The summed E-state index contributed by atoms with van der Waals surface area (Å²) >= 11 is 0. The van der Waals surface area contributed by atoms with Crippen LogP contribution in [0.3, 0.4) is 0 Å². The predicted molar refractivity (Wildman–Crippen MR) is 76.1 cm³/mol. The first-order valence-corrected chi connectivity index (χ1v) is 7.59. The van der Waals surface area contributed by atoms with E-state index in [1.165, 1.54) is 4.68 Å². The smallest absolute Gasteiger partial charge is 0.316 e. The van der Waals surface area contributed by atoms with Gasteiger partial charge in [0.1, 0.15) is 6.20 Å². The molecule has 0 saturated heterocycles. The normalized spacial score (nSPS) is 21.4. The molecule has 1 heterocycles. The van der Waals surface area contributed by atoms with Crippen LogP contribution in [0.25, 0.3) is 0 Å². The van der Waals surface area contributed by atoms with Gasteiger partial charge in [0.15, 0.2) is 0 Å². The molecule has 1 aromatic rings. The summed E-state index contributed by atoms with van der Waals surface area (Å²) in [5, 5.41) is 14.5. The number of nitrogens with zero attached hydrogens (tertiary/aromatic N) is 3. The Bertz CT molecular complexity index is 568. The molecule has 0 amide bonds. The van der Waals surface area contributed by atoms with Crippen molar-refractivity contribution in [2.24, 2.45) is 5.92 Å². The third kappa shape index (κ3) is 4.23. The van der Waals surface area contributed by atoms with E-state index in [-0.39, 0.29) is 17.9 Å². The van der Waals surface area contributed by atoms with E-state index in [2.05, 4.69) is 5.10 Å². The molecule has 1 aliphatic carbocycles. The van der Waals surface area contributed by atoms with Crippen molar-refractivity contribution < 1.29 is 23.2 Å². The number of esters is 1. The van der Waals surface area contributed by atoms with Crippen LogP contribution in [0.2, 0.25) is 0 Å². The first kappa shape index (κ1) is 17.3. The molecule has 2 rings (SSSR count). The molecule has 1 fully saturated rings. The van der Waals surface area contributed by atoms with E-state index >= 15 is 0 Å². The number of aromatic nitrogens is 2. The van der Waals surface area contributed by atoms with Gasteiger partial charge in [0.25, 0.3) is 6.43 Å². The molecule has 9 heteroatoms. The van der Waals surface area contributed by atoms with Crippen LogP contribution < -0.4 is 0 Å². The maximum absolute atomic E-state index is 12.8. The number of rotatable bonds is 6. The van der Waals surface area contributed by atoms with Gasteiger partial charge in [-0.2, -0.15) is 5.10 Å². The van der Waals surface area contributed by atoms with Crippen molar-refractivity contribution in [1.82, 2.24) is 9.78 Å². The van der Waals surface area contributed by atoms with Crippen LogP contribution in [0.15, 0.2) is 6.20 Å². The Morgan fingerprint density at radius 1 is 1.48 bits per heavy atom. The van der Waals surface area contributed by atoms with Gasteiger partial charge in [-0.05, 0) is 38.5 Å². The van der Waals surface area contributed by atoms with Crippen molar-refractivity contribution in [3.8, 4) is 0 Å². The zero-order valence-electron chi connectivity index (χ0n) is 12.8. The van der Waals surface area contributed by atoms with Crippen molar-refractivity contribution in [3.63, 3.8) is 0 Å². The molecule has 0 unspecified atom stereocenters. The lowest BCUT2D eigenvalue weighted by Gasteiger charge is -2.27. The zero-order valence-corrected chi connectivity index (χ0v) is 12.8. The lowest BCUT2D eigenvalue weighted by Crippen LogP contribution is -2.21. The molecular formula is C14H19F2N3O4. The average molecular weight is 331 g/mol. The highest BCUT2D eigenvalue weighted by Crippen LogP contribution is 2.36. The van der Waals surface area contributed by atoms with Crippen molar-refractivity contribution in [1.29, 1.82) is 0 Å².